The number of benzene rings is 3. The number of rotatable bonds is 7. The molecule has 0 aliphatic carbocycles. The number of carbonyl (C=O) groups excluding carboxylic acids is 1. The third kappa shape index (κ3) is 4.66. The van der Waals surface area contributed by atoms with Crippen molar-refractivity contribution in [2.45, 2.75) is 6.29 Å². The summed E-state index contributed by atoms with van der Waals surface area (Å²) in [5.74, 6) is 0.367. The van der Waals surface area contributed by atoms with Gasteiger partial charge in [0.05, 0.1) is 5.56 Å². The fourth-order valence-corrected chi connectivity index (χ4v) is 3.13. The van der Waals surface area contributed by atoms with Gasteiger partial charge in [-0.2, -0.15) is 9.97 Å². The van der Waals surface area contributed by atoms with E-state index >= 15 is 0 Å². The van der Waals surface area contributed by atoms with Crippen LogP contribution in [0.1, 0.15) is 22.2 Å². The highest BCUT2D eigenvalue weighted by Gasteiger charge is 2.17. The van der Waals surface area contributed by atoms with Crippen LogP contribution in [0.2, 0.25) is 0 Å². The number of hydrogen-bond acceptors (Lipinski definition) is 8. The fraction of sp³-hybridized carbons (Fsp3) is 0.0417. The van der Waals surface area contributed by atoms with E-state index in [0.717, 1.165) is 11.1 Å². The molecule has 0 aliphatic heterocycles. The molecule has 10 heteroatoms. The third-order valence-electron chi connectivity index (χ3n) is 4.86. The number of aromatic amines is 2. The Morgan fingerprint density at radius 2 is 1.26 bits per heavy atom. The van der Waals surface area contributed by atoms with Crippen molar-refractivity contribution >= 4 is 5.97 Å². The van der Waals surface area contributed by atoms with Crippen LogP contribution < -0.4 is 9.47 Å². The molecule has 3 N–H and O–H groups in total. The van der Waals surface area contributed by atoms with Crippen LogP contribution in [0.25, 0.3) is 22.8 Å². The summed E-state index contributed by atoms with van der Waals surface area (Å²) in [7, 11) is 0. The van der Waals surface area contributed by atoms with E-state index in [1.807, 2.05) is 60.7 Å². The van der Waals surface area contributed by atoms with Crippen LogP contribution in [0.4, 0.5) is 0 Å². The normalized spacial score (nSPS) is 11.7. The van der Waals surface area contributed by atoms with E-state index in [4.69, 9.17) is 9.47 Å². The van der Waals surface area contributed by atoms with Crippen molar-refractivity contribution in [2.75, 3.05) is 0 Å². The lowest BCUT2D eigenvalue weighted by Gasteiger charge is -2.10. The first-order chi connectivity index (χ1) is 16.7. The summed E-state index contributed by atoms with van der Waals surface area (Å²) < 4.78 is 10.6. The second-order valence-corrected chi connectivity index (χ2v) is 7.15. The van der Waals surface area contributed by atoms with Gasteiger partial charge in [-0.05, 0) is 12.1 Å². The lowest BCUT2D eigenvalue weighted by molar-refractivity contribution is -0.0259. The highest BCUT2D eigenvalue weighted by atomic mass is 16.6. The zero-order valence-electron chi connectivity index (χ0n) is 17.6. The predicted molar refractivity (Wildman–Crippen MR) is 121 cm³/mol. The van der Waals surface area contributed by atoms with Crippen LogP contribution in [0.5, 0.6) is 12.0 Å². The minimum atomic E-state index is -1.33. The molecular formula is C24H18N6O4. The molecule has 0 fully saturated rings. The number of aliphatic hydroxyl groups is 1. The standard InChI is InChI=1S/C24H18N6O4/c31-21(33-23-25-19(27-29-23)15-7-3-1-4-8-15)17-11-13-18(14-12-17)22(32)34-24-26-20(28-30-24)16-9-5-2-6-10-16/h1-14,21,31H,(H,25,27,29)(H,26,28,30). The highest BCUT2D eigenvalue weighted by Crippen LogP contribution is 2.21. The molecule has 2 heterocycles. The monoisotopic (exact) mass is 454 g/mol. The molecule has 1 unspecified atom stereocenters. The van der Waals surface area contributed by atoms with Crippen LogP contribution in [0.15, 0.2) is 84.9 Å². The molecule has 3 aromatic carbocycles. The number of esters is 1. The van der Waals surface area contributed by atoms with E-state index in [0.29, 0.717) is 17.2 Å². The van der Waals surface area contributed by atoms with Crippen LogP contribution >= 0.6 is 0 Å². The van der Waals surface area contributed by atoms with E-state index in [1.165, 1.54) is 12.1 Å². The number of H-pyrrole nitrogens is 2. The van der Waals surface area contributed by atoms with E-state index in [-0.39, 0.29) is 17.6 Å². The van der Waals surface area contributed by atoms with E-state index < -0.39 is 12.3 Å². The van der Waals surface area contributed by atoms with Gasteiger partial charge in [-0.1, -0.05) is 72.8 Å². The molecule has 0 saturated heterocycles. The fourth-order valence-electron chi connectivity index (χ4n) is 3.13. The Labute approximate surface area is 193 Å². The summed E-state index contributed by atoms with van der Waals surface area (Å²) in [5.41, 5.74) is 2.32. The first-order valence-corrected chi connectivity index (χ1v) is 10.3. The Kier molecular flexibility index (Phi) is 5.78. The Balaban J connectivity index is 1.21. The van der Waals surface area contributed by atoms with Crippen LogP contribution in [0, 0.1) is 0 Å². The molecule has 5 aromatic rings. The molecule has 0 amide bonds. The van der Waals surface area contributed by atoms with Gasteiger partial charge in [-0.15, -0.1) is 10.2 Å². The first-order valence-electron chi connectivity index (χ1n) is 10.3. The summed E-state index contributed by atoms with van der Waals surface area (Å²) in [4.78, 5) is 20.8. The molecule has 10 nitrogen and oxygen atoms in total. The predicted octanol–water partition coefficient (Wildman–Crippen LogP) is 3.55. The number of hydrogen-bond donors (Lipinski definition) is 3. The number of aliphatic hydroxyl groups excluding tert-OH is 1. The molecule has 0 aliphatic rings. The number of carbonyl (C=O) groups is 1. The van der Waals surface area contributed by atoms with Gasteiger partial charge in [-0.25, -0.2) is 4.79 Å². The number of aromatic nitrogens is 6. The Bertz CT molecular complexity index is 1380. The lowest BCUT2D eigenvalue weighted by atomic mass is 10.1. The van der Waals surface area contributed by atoms with E-state index in [2.05, 4.69) is 30.4 Å². The van der Waals surface area contributed by atoms with Gasteiger partial charge in [0.2, 0.25) is 6.29 Å². The zero-order chi connectivity index (χ0) is 23.3. The van der Waals surface area contributed by atoms with Crippen LogP contribution in [0.3, 0.4) is 0 Å². The number of nitrogens with one attached hydrogen (secondary N) is 2. The van der Waals surface area contributed by atoms with E-state index in [9.17, 15) is 9.90 Å². The second-order valence-electron chi connectivity index (χ2n) is 7.15. The number of ether oxygens (including phenoxy) is 2. The van der Waals surface area contributed by atoms with Crippen molar-refractivity contribution in [3.05, 3.63) is 96.1 Å². The molecule has 34 heavy (non-hydrogen) atoms. The maximum absolute atomic E-state index is 12.4. The smallest absolute Gasteiger partial charge is 0.345 e. The summed E-state index contributed by atoms with van der Waals surface area (Å²) in [6, 6.07) is 24.7. The summed E-state index contributed by atoms with van der Waals surface area (Å²) in [6.07, 6.45) is -1.33. The quantitative estimate of drug-likeness (QED) is 0.251. The van der Waals surface area contributed by atoms with Crippen LogP contribution in [-0.4, -0.2) is 41.4 Å². The average Bonchev–Trinajstić information content (AvgIpc) is 3.55. The Morgan fingerprint density at radius 3 is 1.85 bits per heavy atom. The summed E-state index contributed by atoms with van der Waals surface area (Å²) in [6.45, 7) is 0. The maximum Gasteiger partial charge on any atom is 0.345 e. The molecule has 0 radical (unpaired) electrons. The highest BCUT2D eigenvalue weighted by molar-refractivity contribution is 5.90. The summed E-state index contributed by atoms with van der Waals surface area (Å²) in [5, 5.41) is 23.8. The van der Waals surface area contributed by atoms with E-state index in [1.54, 1.807) is 12.1 Å². The van der Waals surface area contributed by atoms with Crippen molar-refractivity contribution in [2.24, 2.45) is 0 Å². The van der Waals surface area contributed by atoms with Gasteiger partial charge < -0.3 is 14.6 Å². The molecule has 0 spiro atoms. The molecule has 0 bridgehead atoms. The first kappa shape index (κ1) is 21.0. The topological polar surface area (TPSA) is 139 Å². The van der Waals surface area contributed by atoms with Gasteiger partial charge in [0.25, 0.3) is 0 Å². The van der Waals surface area contributed by atoms with Crippen LogP contribution in [-0.2, 0) is 0 Å². The van der Waals surface area contributed by atoms with Gasteiger partial charge in [0, 0.05) is 16.7 Å². The van der Waals surface area contributed by atoms with Crippen molar-refractivity contribution in [1.82, 2.24) is 30.4 Å². The van der Waals surface area contributed by atoms with Gasteiger partial charge in [0.15, 0.2) is 11.6 Å². The minimum Gasteiger partial charge on any atom is -0.428 e. The third-order valence-corrected chi connectivity index (χ3v) is 4.86. The maximum atomic E-state index is 12.4. The lowest BCUT2D eigenvalue weighted by Crippen LogP contribution is -2.11. The largest absolute Gasteiger partial charge is 0.428 e. The molecule has 168 valence electrons. The van der Waals surface area contributed by atoms with Gasteiger partial charge in [-0.3, -0.25) is 10.2 Å². The average molecular weight is 454 g/mol. The summed E-state index contributed by atoms with van der Waals surface area (Å²) >= 11 is 0. The van der Waals surface area contributed by atoms with Crippen molar-refractivity contribution in [3.63, 3.8) is 0 Å². The molecule has 2 aromatic heterocycles. The molecule has 0 saturated carbocycles. The van der Waals surface area contributed by atoms with Crippen molar-refractivity contribution < 1.29 is 19.4 Å². The minimum absolute atomic E-state index is 0.00586. The zero-order valence-corrected chi connectivity index (χ0v) is 17.6. The second kappa shape index (κ2) is 9.35. The number of nitrogens with zero attached hydrogens (tertiary/aromatic N) is 4. The Morgan fingerprint density at radius 1 is 0.735 bits per heavy atom. The molecular weight excluding hydrogens is 436 g/mol. The SMILES string of the molecule is O=C(Oc1n[nH]c(-c2ccccc2)n1)c1ccc(C(O)Oc2n[nH]c(-c3ccccc3)n2)cc1. The van der Waals surface area contributed by atoms with Crippen molar-refractivity contribution in [1.29, 1.82) is 0 Å². The van der Waals surface area contributed by atoms with Gasteiger partial charge >= 0.3 is 18.0 Å². The van der Waals surface area contributed by atoms with Gasteiger partial charge in [0.1, 0.15) is 0 Å². The molecule has 1 atom stereocenters. The van der Waals surface area contributed by atoms with Crippen molar-refractivity contribution in [3.8, 4) is 34.8 Å². The Hall–Kier alpha value is -4.83. The molecule has 5 rings (SSSR count).